The first-order chi connectivity index (χ1) is 24.1. The summed E-state index contributed by atoms with van der Waals surface area (Å²) < 4.78 is 0. The van der Waals surface area contributed by atoms with Gasteiger partial charge in [0.2, 0.25) is 11.8 Å². The van der Waals surface area contributed by atoms with E-state index in [0.29, 0.717) is 12.8 Å². The van der Waals surface area contributed by atoms with E-state index in [1.165, 1.54) is 0 Å². The summed E-state index contributed by atoms with van der Waals surface area (Å²) in [5.41, 5.74) is 7.25. The predicted molar refractivity (Wildman–Crippen MR) is 190 cm³/mol. The molecule has 2 aromatic carbocycles. The van der Waals surface area contributed by atoms with Crippen LogP contribution in [0.4, 0.5) is 0 Å². The van der Waals surface area contributed by atoms with Gasteiger partial charge in [-0.1, -0.05) is 48.5 Å². The molecule has 0 fully saturated rings. The lowest BCUT2D eigenvalue weighted by Crippen LogP contribution is -2.19. The fourth-order valence-electron chi connectivity index (χ4n) is 4.58. The normalized spacial score (nSPS) is 10.2. The molecule has 254 valence electrons. The number of aliphatic carboxylic acids is 2. The summed E-state index contributed by atoms with van der Waals surface area (Å²) in [6.07, 6.45) is 3.68. The Morgan fingerprint density at radius 3 is 1.26 bits per heavy atom. The van der Waals surface area contributed by atoms with Crippen LogP contribution in [0.2, 0.25) is 0 Å². The molecule has 6 aromatic rings. The van der Waals surface area contributed by atoms with Crippen molar-refractivity contribution in [1.29, 1.82) is 0 Å². The molecule has 0 atom stereocenters. The topological polar surface area (TPSA) is 184 Å². The minimum atomic E-state index is -1.08. The van der Waals surface area contributed by atoms with Gasteiger partial charge in [0, 0.05) is 48.4 Å². The smallest absolute Gasteiger partial charge is 0.303 e. The van der Waals surface area contributed by atoms with Crippen molar-refractivity contribution in [2.75, 3.05) is 14.1 Å². The summed E-state index contributed by atoms with van der Waals surface area (Å²) in [6.45, 7) is 0. The zero-order valence-corrected chi connectivity index (χ0v) is 27.5. The Balaban J connectivity index is 0.000000186. The Morgan fingerprint density at radius 2 is 0.920 bits per heavy atom. The molecule has 0 saturated carbocycles. The second kappa shape index (κ2) is 18.1. The van der Waals surface area contributed by atoms with E-state index in [-0.39, 0.29) is 24.7 Å². The highest BCUT2D eigenvalue weighted by Crippen LogP contribution is 2.22. The summed E-state index contributed by atoms with van der Waals surface area (Å²) in [5.74, 6) is -2.13. The van der Waals surface area contributed by atoms with Gasteiger partial charge in [-0.3, -0.25) is 19.2 Å². The van der Waals surface area contributed by atoms with Crippen LogP contribution in [0.15, 0.2) is 109 Å². The molecule has 0 aliphatic carbocycles. The number of amides is 2. The van der Waals surface area contributed by atoms with Crippen LogP contribution in [0.1, 0.15) is 24.0 Å². The molecule has 50 heavy (non-hydrogen) atoms. The number of rotatable bonds is 9. The van der Waals surface area contributed by atoms with Gasteiger partial charge in [0.1, 0.15) is 0 Å². The lowest BCUT2D eigenvalue weighted by atomic mass is 10.1. The maximum atomic E-state index is 11.4. The van der Waals surface area contributed by atoms with E-state index in [4.69, 9.17) is 10.2 Å². The van der Waals surface area contributed by atoms with Crippen molar-refractivity contribution in [2.45, 2.75) is 25.7 Å². The summed E-state index contributed by atoms with van der Waals surface area (Å²) in [4.78, 5) is 59.6. The van der Waals surface area contributed by atoms with E-state index in [1.807, 2.05) is 97.1 Å². The van der Waals surface area contributed by atoms with Crippen LogP contribution in [0.25, 0.3) is 44.6 Å². The molecule has 0 saturated heterocycles. The lowest BCUT2D eigenvalue weighted by Gasteiger charge is -2.05. The monoisotopic (exact) mass is 672 g/mol. The highest BCUT2D eigenvalue weighted by Gasteiger charge is 2.06. The van der Waals surface area contributed by atoms with E-state index in [9.17, 15) is 19.2 Å². The zero-order valence-electron chi connectivity index (χ0n) is 27.5. The highest BCUT2D eigenvalue weighted by molar-refractivity contribution is 5.81. The second-order valence-corrected chi connectivity index (χ2v) is 10.9. The average Bonchev–Trinajstić information content (AvgIpc) is 3.14. The molecule has 0 unspecified atom stereocenters. The van der Waals surface area contributed by atoms with E-state index in [1.54, 1.807) is 26.5 Å². The molecule has 0 aliphatic rings. The SMILES string of the molecule is CNC(=O)Cc1ccc(-c2ccc3cccnc3n2)cc1.CNC(=O)Cc1ccc(-c2ccc3cccnc3n2)cc1.O=C(O)CCC(=O)O. The molecular weight excluding hydrogens is 636 g/mol. The summed E-state index contributed by atoms with van der Waals surface area (Å²) in [6, 6.07) is 31.5. The van der Waals surface area contributed by atoms with Crippen LogP contribution in [-0.2, 0) is 32.0 Å². The van der Waals surface area contributed by atoms with E-state index in [0.717, 1.165) is 55.7 Å². The Morgan fingerprint density at radius 1 is 0.540 bits per heavy atom. The first-order valence-electron chi connectivity index (χ1n) is 15.6. The van der Waals surface area contributed by atoms with Crippen LogP contribution in [-0.4, -0.2) is 68.0 Å². The molecule has 0 aliphatic heterocycles. The van der Waals surface area contributed by atoms with Gasteiger partial charge < -0.3 is 20.8 Å². The van der Waals surface area contributed by atoms with Gasteiger partial charge in [-0.05, 0) is 59.7 Å². The molecule has 12 heteroatoms. The number of likely N-dealkylation sites (N-methyl/N-ethyl adjacent to an activating group) is 2. The number of nitrogens with one attached hydrogen (secondary N) is 2. The minimum absolute atomic E-state index is 0.00998. The van der Waals surface area contributed by atoms with Crippen LogP contribution in [0.5, 0.6) is 0 Å². The maximum Gasteiger partial charge on any atom is 0.303 e. The average molecular weight is 673 g/mol. The molecule has 0 radical (unpaired) electrons. The third-order valence-corrected chi connectivity index (χ3v) is 7.27. The van der Waals surface area contributed by atoms with Crippen LogP contribution in [0.3, 0.4) is 0 Å². The third kappa shape index (κ3) is 11.0. The van der Waals surface area contributed by atoms with Gasteiger partial charge in [-0.25, -0.2) is 19.9 Å². The zero-order chi connectivity index (χ0) is 35.9. The number of nitrogens with zero attached hydrogens (tertiary/aromatic N) is 4. The first-order valence-corrected chi connectivity index (χ1v) is 15.6. The summed E-state index contributed by atoms with van der Waals surface area (Å²) in [5, 5.41) is 23.1. The maximum absolute atomic E-state index is 11.4. The standard InChI is InChI=1S/2C17H15N3O.C4H6O4/c2*1-18-16(21)11-12-4-6-13(7-5-12)15-9-8-14-3-2-10-19-17(14)20-15;5-3(6)1-2-4(7)8/h2*2-10H,11H2,1H3,(H,18,21);1-2H2,(H,5,6)(H,7,8). The number of fused-ring (bicyclic) bond motifs is 2. The Hall–Kier alpha value is -6.56. The lowest BCUT2D eigenvalue weighted by molar-refractivity contribution is -0.143. The summed E-state index contributed by atoms with van der Waals surface area (Å²) >= 11 is 0. The summed E-state index contributed by atoms with van der Waals surface area (Å²) in [7, 11) is 3.28. The third-order valence-electron chi connectivity index (χ3n) is 7.27. The van der Waals surface area contributed by atoms with Gasteiger partial charge in [-0.15, -0.1) is 0 Å². The van der Waals surface area contributed by atoms with Gasteiger partial charge >= 0.3 is 11.9 Å². The molecular formula is C38H36N6O6. The molecule has 6 rings (SSSR count). The second-order valence-electron chi connectivity index (χ2n) is 10.9. The molecule has 4 aromatic heterocycles. The number of pyridine rings is 4. The van der Waals surface area contributed by atoms with Crippen molar-refractivity contribution >= 4 is 45.8 Å². The first kappa shape index (κ1) is 36.3. The minimum Gasteiger partial charge on any atom is -0.481 e. The number of aromatic nitrogens is 4. The highest BCUT2D eigenvalue weighted by atomic mass is 16.4. The predicted octanol–water partition coefficient (Wildman–Crippen LogP) is 5.11. The van der Waals surface area contributed by atoms with E-state index in [2.05, 4.69) is 30.6 Å². The molecule has 12 nitrogen and oxygen atoms in total. The fourth-order valence-corrected chi connectivity index (χ4v) is 4.58. The number of carbonyl (C=O) groups excluding carboxylic acids is 2. The Labute approximate surface area is 288 Å². The van der Waals surface area contributed by atoms with Crippen LogP contribution < -0.4 is 10.6 Å². The van der Waals surface area contributed by atoms with Crippen molar-refractivity contribution < 1.29 is 29.4 Å². The van der Waals surface area contributed by atoms with Gasteiger partial charge in [-0.2, -0.15) is 0 Å². The van der Waals surface area contributed by atoms with Crippen molar-refractivity contribution in [3.63, 3.8) is 0 Å². The largest absolute Gasteiger partial charge is 0.481 e. The number of carbonyl (C=O) groups is 4. The number of hydrogen-bond acceptors (Lipinski definition) is 8. The quantitative estimate of drug-likeness (QED) is 0.161. The molecule has 4 heterocycles. The molecule has 4 N–H and O–H groups in total. The van der Waals surface area contributed by atoms with Gasteiger partial charge in [0.05, 0.1) is 37.1 Å². The van der Waals surface area contributed by atoms with Gasteiger partial charge in [0.25, 0.3) is 0 Å². The van der Waals surface area contributed by atoms with Crippen molar-refractivity contribution in [3.8, 4) is 22.5 Å². The van der Waals surface area contributed by atoms with Crippen molar-refractivity contribution in [3.05, 3.63) is 121 Å². The molecule has 0 spiro atoms. The van der Waals surface area contributed by atoms with Crippen molar-refractivity contribution in [1.82, 2.24) is 30.6 Å². The number of hydrogen-bond donors (Lipinski definition) is 4. The van der Waals surface area contributed by atoms with Crippen LogP contribution >= 0.6 is 0 Å². The van der Waals surface area contributed by atoms with Crippen molar-refractivity contribution in [2.24, 2.45) is 0 Å². The number of benzene rings is 2. The number of carboxylic acid groups (broad SMARTS) is 2. The Kier molecular flexibility index (Phi) is 13.1. The van der Waals surface area contributed by atoms with Gasteiger partial charge in [0.15, 0.2) is 11.3 Å². The number of carboxylic acids is 2. The Bertz CT molecular complexity index is 1930. The molecule has 2 amide bonds. The van der Waals surface area contributed by atoms with E-state index >= 15 is 0 Å². The fraction of sp³-hybridized carbons (Fsp3) is 0.158. The van der Waals surface area contributed by atoms with E-state index < -0.39 is 11.9 Å². The van der Waals surface area contributed by atoms with Crippen LogP contribution in [0, 0.1) is 0 Å². The molecule has 0 bridgehead atoms.